The predicted octanol–water partition coefficient (Wildman–Crippen LogP) is 2.60. The van der Waals surface area contributed by atoms with Gasteiger partial charge in [-0.25, -0.2) is 38.1 Å². The van der Waals surface area contributed by atoms with Gasteiger partial charge in [-0.05, 0) is 31.2 Å². The Morgan fingerprint density at radius 2 is 1.93 bits per heavy atom. The van der Waals surface area contributed by atoms with E-state index in [9.17, 15) is 13.6 Å². The summed E-state index contributed by atoms with van der Waals surface area (Å²) in [4.78, 5) is 33.1. The lowest BCUT2D eigenvalue weighted by atomic mass is 10.2. The molecule has 0 saturated heterocycles. The van der Waals surface area contributed by atoms with E-state index in [2.05, 4.69) is 30.2 Å². The van der Waals surface area contributed by atoms with Gasteiger partial charge in [-0.2, -0.15) is 0 Å². The van der Waals surface area contributed by atoms with Crippen LogP contribution in [0.15, 0.2) is 54.0 Å². The number of rotatable bonds is 4. The minimum absolute atomic E-state index is 0.0249. The number of anilines is 1. The van der Waals surface area contributed by atoms with E-state index in [-0.39, 0.29) is 11.5 Å². The fourth-order valence-electron chi connectivity index (χ4n) is 3.34. The molecule has 150 valence electrons. The fourth-order valence-corrected chi connectivity index (χ4v) is 3.34. The summed E-state index contributed by atoms with van der Waals surface area (Å²) in [7, 11) is 0. The summed E-state index contributed by atoms with van der Waals surface area (Å²) in [5.74, 6) is -0.927. The largest absolute Gasteiger partial charge is 0.358 e. The van der Waals surface area contributed by atoms with Gasteiger partial charge in [0.1, 0.15) is 35.0 Å². The Kier molecular flexibility index (Phi) is 4.02. The number of aromatic amines is 1. The molecule has 1 atom stereocenters. The smallest absolute Gasteiger partial charge is 0.339 e. The molecule has 30 heavy (non-hydrogen) atoms. The Hall–Kier alpha value is -4.15. The standard InChI is InChI=1S/C19H14F2N8O/c1-10(26-17-15-16(23-8-22-15)24-9-25-17)18-27-14-3-2-4-28(14)19(30)29(18)13-6-11(20)5-12(21)7-13/h2-10H,1H3,(H2,22,23,24,25,26). The molecule has 4 aromatic heterocycles. The van der Waals surface area contributed by atoms with Crippen LogP contribution in [-0.4, -0.2) is 33.9 Å². The zero-order chi connectivity index (χ0) is 20.8. The number of aromatic nitrogens is 7. The molecule has 0 bridgehead atoms. The second-order valence-electron chi connectivity index (χ2n) is 6.64. The Labute approximate surface area is 167 Å². The molecule has 4 heterocycles. The number of imidazole rings is 1. The summed E-state index contributed by atoms with van der Waals surface area (Å²) in [6.07, 6.45) is 4.40. The second kappa shape index (κ2) is 6.72. The number of hydrogen-bond donors (Lipinski definition) is 2. The van der Waals surface area contributed by atoms with Crippen molar-refractivity contribution in [3.8, 4) is 5.69 Å². The second-order valence-corrected chi connectivity index (χ2v) is 6.64. The minimum atomic E-state index is -0.801. The maximum Gasteiger partial charge on any atom is 0.339 e. The van der Waals surface area contributed by atoms with Crippen molar-refractivity contribution in [1.82, 2.24) is 33.9 Å². The van der Waals surface area contributed by atoms with Crippen molar-refractivity contribution in [2.24, 2.45) is 0 Å². The van der Waals surface area contributed by atoms with Crippen molar-refractivity contribution < 1.29 is 8.78 Å². The fraction of sp³-hybridized carbons (Fsp3) is 0.105. The Morgan fingerprint density at radius 1 is 1.13 bits per heavy atom. The molecule has 0 spiro atoms. The molecule has 0 aliphatic heterocycles. The van der Waals surface area contributed by atoms with Gasteiger partial charge in [0.05, 0.1) is 18.1 Å². The molecule has 11 heteroatoms. The van der Waals surface area contributed by atoms with Crippen LogP contribution in [0.2, 0.25) is 0 Å². The van der Waals surface area contributed by atoms with Crippen LogP contribution in [0, 0.1) is 11.6 Å². The van der Waals surface area contributed by atoms with Gasteiger partial charge < -0.3 is 10.3 Å². The maximum absolute atomic E-state index is 13.9. The number of halogens is 2. The van der Waals surface area contributed by atoms with Crippen LogP contribution in [0.4, 0.5) is 14.6 Å². The molecule has 0 aliphatic rings. The SMILES string of the molecule is CC(Nc1ncnc2[nH]cnc12)c1nc2cccn2c(=O)n1-c1cc(F)cc(F)c1. The van der Waals surface area contributed by atoms with Gasteiger partial charge in [-0.3, -0.25) is 4.40 Å². The monoisotopic (exact) mass is 408 g/mol. The van der Waals surface area contributed by atoms with Crippen molar-refractivity contribution >= 4 is 22.6 Å². The Bertz CT molecular complexity index is 1430. The lowest BCUT2D eigenvalue weighted by Crippen LogP contribution is -2.31. The van der Waals surface area contributed by atoms with Crippen LogP contribution in [0.5, 0.6) is 0 Å². The first-order chi connectivity index (χ1) is 14.5. The van der Waals surface area contributed by atoms with Crippen LogP contribution in [-0.2, 0) is 0 Å². The molecule has 0 saturated carbocycles. The van der Waals surface area contributed by atoms with Crippen molar-refractivity contribution in [3.05, 3.63) is 77.1 Å². The van der Waals surface area contributed by atoms with E-state index in [1.807, 2.05) is 0 Å². The molecule has 0 fully saturated rings. The Balaban J connectivity index is 1.69. The highest BCUT2D eigenvalue weighted by Gasteiger charge is 2.20. The first kappa shape index (κ1) is 17.9. The average molecular weight is 408 g/mol. The van der Waals surface area contributed by atoms with Crippen molar-refractivity contribution in [2.45, 2.75) is 13.0 Å². The van der Waals surface area contributed by atoms with Gasteiger partial charge in [-0.15, -0.1) is 0 Å². The van der Waals surface area contributed by atoms with Gasteiger partial charge in [0, 0.05) is 12.3 Å². The molecule has 5 rings (SSSR count). The zero-order valence-corrected chi connectivity index (χ0v) is 15.5. The minimum Gasteiger partial charge on any atom is -0.358 e. The summed E-state index contributed by atoms with van der Waals surface area (Å²) in [6, 6.07) is 5.67. The number of benzene rings is 1. The van der Waals surface area contributed by atoms with E-state index < -0.39 is 23.4 Å². The molecule has 0 aliphatic carbocycles. The molecular weight excluding hydrogens is 394 g/mol. The van der Waals surface area contributed by atoms with E-state index in [0.29, 0.717) is 22.6 Å². The molecule has 9 nitrogen and oxygen atoms in total. The maximum atomic E-state index is 13.9. The molecule has 0 radical (unpaired) electrons. The summed E-state index contributed by atoms with van der Waals surface area (Å²) in [5, 5.41) is 3.16. The van der Waals surface area contributed by atoms with Crippen LogP contribution >= 0.6 is 0 Å². The molecule has 1 aromatic carbocycles. The topological polar surface area (TPSA) is 106 Å². The highest BCUT2D eigenvalue weighted by atomic mass is 19.1. The van der Waals surface area contributed by atoms with Crippen LogP contribution in [0.1, 0.15) is 18.8 Å². The molecular formula is C19H14F2N8O. The number of H-pyrrole nitrogens is 1. The van der Waals surface area contributed by atoms with E-state index in [0.717, 1.165) is 18.2 Å². The van der Waals surface area contributed by atoms with Gasteiger partial charge >= 0.3 is 5.69 Å². The Morgan fingerprint density at radius 3 is 2.73 bits per heavy atom. The normalized spacial score (nSPS) is 12.5. The van der Waals surface area contributed by atoms with Gasteiger partial charge in [0.25, 0.3) is 0 Å². The molecule has 2 N–H and O–H groups in total. The third kappa shape index (κ3) is 2.87. The van der Waals surface area contributed by atoms with E-state index >= 15 is 0 Å². The van der Waals surface area contributed by atoms with Gasteiger partial charge in [0.15, 0.2) is 11.5 Å². The van der Waals surface area contributed by atoms with Crippen molar-refractivity contribution in [3.63, 3.8) is 0 Å². The number of nitrogens with zero attached hydrogens (tertiary/aromatic N) is 6. The average Bonchev–Trinajstić information content (AvgIpc) is 3.36. The highest BCUT2D eigenvalue weighted by molar-refractivity contribution is 5.82. The van der Waals surface area contributed by atoms with E-state index in [1.165, 1.54) is 27.8 Å². The van der Waals surface area contributed by atoms with Gasteiger partial charge in [-0.1, -0.05) is 0 Å². The first-order valence-electron chi connectivity index (χ1n) is 8.98. The lowest BCUT2D eigenvalue weighted by molar-refractivity contribution is 0.578. The lowest BCUT2D eigenvalue weighted by Gasteiger charge is -2.19. The summed E-state index contributed by atoms with van der Waals surface area (Å²) >= 11 is 0. The third-order valence-corrected chi connectivity index (χ3v) is 4.65. The van der Waals surface area contributed by atoms with Crippen LogP contribution < -0.4 is 11.0 Å². The van der Waals surface area contributed by atoms with Gasteiger partial charge in [0.2, 0.25) is 0 Å². The highest BCUT2D eigenvalue weighted by Crippen LogP contribution is 2.23. The van der Waals surface area contributed by atoms with E-state index in [1.54, 1.807) is 19.1 Å². The number of hydrogen-bond acceptors (Lipinski definition) is 6. The third-order valence-electron chi connectivity index (χ3n) is 4.65. The number of fused-ring (bicyclic) bond motifs is 2. The number of nitrogens with one attached hydrogen (secondary N) is 2. The van der Waals surface area contributed by atoms with Crippen LogP contribution in [0.3, 0.4) is 0 Å². The van der Waals surface area contributed by atoms with E-state index in [4.69, 9.17) is 0 Å². The predicted molar refractivity (Wildman–Crippen MR) is 104 cm³/mol. The molecule has 5 aromatic rings. The summed E-state index contributed by atoms with van der Waals surface area (Å²) in [5.41, 5.74) is 0.977. The molecule has 1 unspecified atom stereocenters. The first-order valence-corrected chi connectivity index (χ1v) is 8.98. The summed E-state index contributed by atoms with van der Waals surface area (Å²) in [6.45, 7) is 1.76. The van der Waals surface area contributed by atoms with Crippen LogP contribution in [0.25, 0.3) is 22.5 Å². The quantitative estimate of drug-likeness (QED) is 0.474. The zero-order valence-electron chi connectivity index (χ0n) is 15.5. The summed E-state index contributed by atoms with van der Waals surface area (Å²) < 4.78 is 30.2. The van der Waals surface area contributed by atoms with Crippen molar-refractivity contribution in [1.29, 1.82) is 0 Å². The van der Waals surface area contributed by atoms with Crippen molar-refractivity contribution in [2.75, 3.05) is 5.32 Å². The molecule has 0 amide bonds.